The van der Waals surface area contributed by atoms with Gasteiger partial charge in [-0.05, 0) is 32.4 Å². The largest absolute Gasteiger partial charge is 0.463 e. The molecule has 0 aliphatic carbocycles. The van der Waals surface area contributed by atoms with Gasteiger partial charge in [0.15, 0.2) is 10.8 Å². The van der Waals surface area contributed by atoms with E-state index in [1.807, 2.05) is 5.38 Å². The Balaban J connectivity index is 2.55. The number of ether oxygens (including phenoxy) is 1. The van der Waals surface area contributed by atoms with Crippen molar-refractivity contribution in [1.82, 2.24) is 10.3 Å². The zero-order valence-electron chi connectivity index (χ0n) is 14.4. The van der Waals surface area contributed by atoms with Gasteiger partial charge in [0.05, 0.1) is 12.2 Å². The molecule has 5 nitrogen and oxygen atoms in total. The Hall–Kier alpha value is -2.54. The highest BCUT2D eigenvalue weighted by Crippen LogP contribution is 2.36. The highest BCUT2D eigenvalue weighted by atomic mass is 32.1. The second kappa shape index (κ2) is 7.57. The Morgan fingerprint density at radius 1 is 1.48 bits per heavy atom. The van der Waals surface area contributed by atoms with Crippen LogP contribution in [0.2, 0.25) is 0 Å². The van der Waals surface area contributed by atoms with Gasteiger partial charge in [-0.25, -0.2) is 19.2 Å². The number of nitrogens with one attached hydrogen (secondary N) is 1. The van der Waals surface area contributed by atoms with E-state index in [2.05, 4.69) is 28.5 Å². The van der Waals surface area contributed by atoms with Crippen molar-refractivity contribution in [2.75, 3.05) is 6.61 Å². The molecule has 132 valence electrons. The summed E-state index contributed by atoms with van der Waals surface area (Å²) in [6, 6.07) is 0. The van der Waals surface area contributed by atoms with Crippen LogP contribution in [0.5, 0.6) is 0 Å². The highest BCUT2D eigenvalue weighted by molar-refractivity contribution is 7.11. The van der Waals surface area contributed by atoms with Crippen LogP contribution in [0.15, 0.2) is 64.5 Å². The quantitative estimate of drug-likeness (QED) is 0.620. The van der Waals surface area contributed by atoms with E-state index in [-0.39, 0.29) is 6.61 Å². The molecule has 0 saturated heterocycles. The lowest BCUT2D eigenvalue weighted by molar-refractivity contribution is -0.139. The molecule has 2 heterocycles. The van der Waals surface area contributed by atoms with Gasteiger partial charge in [0.25, 0.3) is 0 Å². The minimum atomic E-state index is -1.12. The average molecular weight is 361 g/mol. The fourth-order valence-electron chi connectivity index (χ4n) is 2.50. The van der Waals surface area contributed by atoms with Crippen molar-refractivity contribution in [3.8, 4) is 0 Å². The number of esters is 1. The third-order valence-electron chi connectivity index (χ3n) is 3.71. The van der Waals surface area contributed by atoms with E-state index in [9.17, 15) is 9.18 Å². The Labute approximate surface area is 150 Å². The molecule has 1 aliphatic rings. The van der Waals surface area contributed by atoms with Gasteiger partial charge < -0.3 is 10.1 Å². The molecule has 0 aromatic carbocycles. The highest BCUT2D eigenvalue weighted by Gasteiger charge is 2.41. The molecule has 1 unspecified atom stereocenters. The first kappa shape index (κ1) is 18.8. The molecule has 0 amide bonds. The van der Waals surface area contributed by atoms with Gasteiger partial charge in [0, 0.05) is 17.3 Å². The van der Waals surface area contributed by atoms with Gasteiger partial charge in [0.2, 0.25) is 0 Å². The molecule has 1 atom stereocenters. The van der Waals surface area contributed by atoms with Gasteiger partial charge >= 0.3 is 5.97 Å². The van der Waals surface area contributed by atoms with E-state index in [0.717, 1.165) is 0 Å². The minimum Gasteiger partial charge on any atom is -0.463 e. The molecule has 7 heteroatoms. The van der Waals surface area contributed by atoms with Gasteiger partial charge in [-0.3, -0.25) is 0 Å². The molecule has 0 spiro atoms. The van der Waals surface area contributed by atoms with Crippen LogP contribution in [0.1, 0.15) is 25.8 Å². The molecule has 0 bridgehead atoms. The molecule has 25 heavy (non-hydrogen) atoms. The van der Waals surface area contributed by atoms with Gasteiger partial charge in [0.1, 0.15) is 11.4 Å². The lowest BCUT2D eigenvalue weighted by atomic mass is 9.82. The molecule has 0 fully saturated rings. The average Bonchev–Trinajstić information content (AvgIpc) is 3.06. The number of thiazole rings is 1. The van der Waals surface area contributed by atoms with E-state index < -0.39 is 17.3 Å². The zero-order chi connectivity index (χ0) is 18.6. The lowest BCUT2D eigenvalue weighted by Crippen LogP contribution is -2.43. The first-order valence-corrected chi connectivity index (χ1v) is 8.54. The zero-order valence-corrected chi connectivity index (χ0v) is 15.2. The fraction of sp³-hybridized carbons (Fsp3) is 0.278. The van der Waals surface area contributed by atoms with Gasteiger partial charge in [-0.15, -0.1) is 11.3 Å². The summed E-state index contributed by atoms with van der Waals surface area (Å²) in [5.74, 6) is -0.580. The van der Waals surface area contributed by atoms with Gasteiger partial charge in [-0.2, -0.15) is 0 Å². The Bertz CT molecular complexity index is 793. The molecule has 1 aliphatic heterocycles. The predicted octanol–water partition coefficient (Wildman–Crippen LogP) is 3.68. The first-order chi connectivity index (χ1) is 11.8. The number of amidine groups is 1. The van der Waals surface area contributed by atoms with Crippen LogP contribution in [0.4, 0.5) is 4.39 Å². The first-order valence-electron chi connectivity index (χ1n) is 7.66. The third kappa shape index (κ3) is 3.93. The molecule has 1 aromatic rings. The molecule has 0 radical (unpaired) electrons. The van der Waals surface area contributed by atoms with Crippen LogP contribution in [-0.4, -0.2) is 28.9 Å². The number of hydrogen-bond donors (Lipinski definition) is 1. The fourth-order valence-corrected chi connectivity index (χ4v) is 3.08. The Morgan fingerprint density at radius 3 is 2.76 bits per heavy atom. The van der Waals surface area contributed by atoms with Crippen molar-refractivity contribution >= 4 is 23.1 Å². The number of carbonyl (C=O) groups is 1. The van der Waals surface area contributed by atoms with Crippen LogP contribution in [0.25, 0.3) is 0 Å². The standard InChI is InChI=1S/C18H20FN3O2S/c1-6-24-17(23)14-13(4)21-15(16-20-9-10-25-16)22-18(14,5)11(2)7-8-12(3)19/h7-10H,2-3,6H2,1,4-5H3,(H,21,22)/b8-7-. The number of carbonyl (C=O) groups excluding carboxylic acids is 1. The number of aliphatic imine (C=N–C) groups is 1. The second-order valence-corrected chi connectivity index (χ2v) is 6.42. The normalized spacial score (nSPS) is 20.2. The summed E-state index contributed by atoms with van der Waals surface area (Å²) in [5, 5.41) is 5.62. The summed E-state index contributed by atoms with van der Waals surface area (Å²) in [6.07, 6.45) is 4.32. The number of aromatic nitrogens is 1. The van der Waals surface area contributed by atoms with Crippen molar-refractivity contribution in [2.45, 2.75) is 26.3 Å². The summed E-state index contributed by atoms with van der Waals surface area (Å²) in [6.45, 7) is 12.6. The van der Waals surface area contributed by atoms with E-state index in [4.69, 9.17) is 4.74 Å². The Morgan fingerprint density at radius 2 is 2.20 bits per heavy atom. The summed E-state index contributed by atoms with van der Waals surface area (Å²) in [5.41, 5.74) is 0.238. The molecular formula is C18H20FN3O2S. The molecular weight excluding hydrogens is 341 g/mol. The lowest BCUT2D eigenvalue weighted by Gasteiger charge is -2.34. The maximum atomic E-state index is 13.0. The molecule has 2 rings (SSSR count). The van der Waals surface area contributed by atoms with Crippen LogP contribution in [-0.2, 0) is 9.53 Å². The van der Waals surface area contributed by atoms with E-state index in [1.165, 1.54) is 23.5 Å². The second-order valence-electron chi connectivity index (χ2n) is 5.52. The molecule has 0 saturated carbocycles. The third-order valence-corrected chi connectivity index (χ3v) is 4.49. The molecule has 1 aromatic heterocycles. The van der Waals surface area contributed by atoms with Crippen LogP contribution in [0.3, 0.4) is 0 Å². The number of hydrogen-bond acceptors (Lipinski definition) is 6. The van der Waals surface area contributed by atoms with Crippen molar-refractivity contribution in [3.05, 3.63) is 64.6 Å². The van der Waals surface area contributed by atoms with Crippen molar-refractivity contribution in [3.63, 3.8) is 0 Å². The van der Waals surface area contributed by atoms with Crippen molar-refractivity contribution in [2.24, 2.45) is 4.99 Å². The summed E-state index contributed by atoms with van der Waals surface area (Å²) >= 11 is 1.42. The summed E-state index contributed by atoms with van der Waals surface area (Å²) < 4.78 is 18.2. The van der Waals surface area contributed by atoms with E-state index in [1.54, 1.807) is 27.0 Å². The summed E-state index contributed by atoms with van der Waals surface area (Å²) in [7, 11) is 0. The topological polar surface area (TPSA) is 63.6 Å². The monoisotopic (exact) mass is 361 g/mol. The van der Waals surface area contributed by atoms with Crippen LogP contribution < -0.4 is 5.32 Å². The maximum absolute atomic E-state index is 13.0. The minimum absolute atomic E-state index is 0.234. The predicted molar refractivity (Wildman–Crippen MR) is 98.1 cm³/mol. The van der Waals surface area contributed by atoms with Crippen LogP contribution in [0, 0.1) is 0 Å². The summed E-state index contributed by atoms with van der Waals surface area (Å²) in [4.78, 5) is 21.4. The van der Waals surface area contributed by atoms with Crippen molar-refractivity contribution < 1.29 is 13.9 Å². The number of halogens is 1. The van der Waals surface area contributed by atoms with Crippen LogP contribution >= 0.6 is 11.3 Å². The van der Waals surface area contributed by atoms with Crippen molar-refractivity contribution in [1.29, 1.82) is 0 Å². The SMILES string of the molecule is C=C(F)/C=C\C(=C)C1(C)N=C(c2nccs2)NC(C)=C1C(=O)OCC. The van der Waals surface area contributed by atoms with E-state index in [0.29, 0.717) is 27.7 Å². The maximum Gasteiger partial charge on any atom is 0.338 e. The number of rotatable bonds is 6. The smallest absolute Gasteiger partial charge is 0.338 e. The molecule has 1 N–H and O–H groups in total. The Kier molecular flexibility index (Phi) is 5.69. The number of allylic oxidation sites excluding steroid dienone is 3. The van der Waals surface area contributed by atoms with E-state index >= 15 is 0 Å². The number of nitrogens with zero attached hydrogens (tertiary/aromatic N) is 2. The van der Waals surface area contributed by atoms with Gasteiger partial charge in [-0.1, -0.05) is 19.2 Å².